The number of nitrogen functional groups attached to an aromatic ring is 1. The summed E-state index contributed by atoms with van der Waals surface area (Å²) in [6.07, 6.45) is 0.844. The van der Waals surface area contributed by atoms with Gasteiger partial charge in [0.2, 0.25) is 5.91 Å². The number of benzene rings is 1. The SMILES string of the molecule is CCS(=O)(=O)CC(C)NC(=O)CCc1ccccc1N. The lowest BCUT2D eigenvalue weighted by atomic mass is 10.1. The first-order valence-electron chi connectivity index (χ1n) is 6.67. The normalized spacial score (nSPS) is 12.9. The van der Waals surface area contributed by atoms with Crippen LogP contribution in [0.5, 0.6) is 0 Å². The summed E-state index contributed by atoms with van der Waals surface area (Å²) in [5.41, 5.74) is 7.39. The molecule has 0 spiro atoms. The molecule has 0 fully saturated rings. The van der Waals surface area contributed by atoms with Crippen molar-refractivity contribution in [2.24, 2.45) is 0 Å². The fraction of sp³-hybridized carbons (Fsp3) is 0.500. The standard InChI is InChI=1S/C14H22N2O3S/c1-3-20(18,19)10-11(2)16-14(17)9-8-12-6-4-5-7-13(12)15/h4-7,11H,3,8-10,15H2,1-2H3,(H,16,17). The fourth-order valence-electron chi connectivity index (χ4n) is 1.90. The molecule has 112 valence electrons. The highest BCUT2D eigenvalue weighted by atomic mass is 32.2. The van der Waals surface area contributed by atoms with Crippen molar-refractivity contribution < 1.29 is 13.2 Å². The maximum absolute atomic E-state index is 11.8. The summed E-state index contributed by atoms with van der Waals surface area (Å²) in [4.78, 5) is 11.8. The zero-order chi connectivity index (χ0) is 15.2. The molecular weight excluding hydrogens is 276 g/mol. The lowest BCUT2D eigenvalue weighted by Crippen LogP contribution is -2.38. The van der Waals surface area contributed by atoms with Crippen molar-refractivity contribution in [3.63, 3.8) is 0 Å². The van der Waals surface area contributed by atoms with Crippen molar-refractivity contribution in [2.75, 3.05) is 17.2 Å². The second-order valence-corrected chi connectivity index (χ2v) is 7.26. The lowest BCUT2D eigenvalue weighted by Gasteiger charge is -2.13. The molecular formula is C14H22N2O3S. The van der Waals surface area contributed by atoms with E-state index in [1.165, 1.54) is 0 Å². The Morgan fingerprint density at radius 2 is 2.00 bits per heavy atom. The van der Waals surface area contributed by atoms with Gasteiger partial charge in [0, 0.05) is 23.9 Å². The van der Waals surface area contributed by atoms with Gasteiger partial charge in [-0.3, -0.25) is 4.79 Å². The summed E-state index contributed by atoms with van der Waals surface area (Å²) < 4.78 is 22.9. The number of hydrogen-bond acceptors (Lipinski definition) is 4. The van der Waals surface area contributed by atoms with E-state index in [2.05, 4.69) is 5.32 Å². The number of nitrogens with one attached hydrogen (secondary N) is 1. The molecule has 0 saturated heterocycles. The van der Waals surface area contributed by atoms with E-state index in [9.17, 15) is 13.2 Å². The molecule has 0 bridgehead atoms. The molecule has 6 heteroatoms. The number of nitrogens with two attached hydrogens (primary N) is 1. The Hall–Kier alpha value is -1.56. The number of sulfone groups is 1. The Morgan fingerprint density at radius 1 is 1.35 bits per heavy atom. The van der Waals surface area contributed by atoms with E-state index >= 15 is 0 Å². The summed E-state index contributed by atoms with van der Waals surface area (Å²) in [6, 6.07) is 7.02. The van der Waals surface area contributed by atoms with Crippen LogP contribution in [-0.2, 0) is 21.1 Å². The van der Waals surface area contributed by atoms with E-state index < -0.39 is 9.84 Å². The monoisotopic (exact) mass is 298 g/mol. The number of carbonyl (C=O) groups is 1. The highest BCUT2D eigenvalue weighted by Gasteiger charge is 2.15. The summed E-state index contributed by atoms with van der Waals surface area (Å²) in [5.74, 6) is -0.0942. The highest BCUT2D eigenvalue weighted by Crippen LogP contribution is 2.12. The topological polar surface area (TPSA) is 89.3 Å². The minimum absolute atomic E-state index is 0.0251. The zero-order valence-electron chi connectivity index (χ0n) is 11.9. The van der Waals surface area contributed by atoms with E-state index in [0.29, 0.717) is 18.5 Å². The highest BCUT2D eigenvalue weighted by molar-refractivity contribution is 7.91. The average molecular weight is 298 g/mol. The van der Waals surface area contributed by atoms with Gasteiger partial charge in [-0.1, -0.05) is 25.1 Å². The maximum atomic E-state index is 11.8. The van der Waals surface area contributed by atoms with Crippen LogP contribution in [0, 0.1) is 0 Å². The first kappa shape index (κ1) is 16.5. The van der Waals surface area contributed by atoms with Gasteiger partial charge >= 0.3 is 0 Å². The first-order chi connectivity index (χ1) is 9.34. The number of para-hydroxylation sites is 1. The molecule has 1 aromatic carbocycles. The van der Waals surface area contributed by atoms with Gasteiger partial charge in [-0.05, 0) is 25.0 Å². The molecule has 0 heterocycles. The van der Waals surface area contributed by atoms with E-state index in [4.69, 9.17) is 5.73 Å². The van der Waals surface area contributed by atoms with Gasteiger partial charge in [0.15, 0.2) is 9.84 Å². The van der Waals surface area contributed by atoms with Crippen molar-refractivity contribution >= 4 is 21.4 Å². The van der Waals surface area contributed by atoms with Crippen LogP contribution in [0.25, 0.3) is 0 Å². The van der Waals surface area contributed by atoms with Crippen LogP contribution < -0.4 is 11.1 Å². The minimum atomic E-state index is -3.07. The third kappa shape index (κ3) is 5.61. The van der Waals surface area contributed by atoms with Crippen molar-refractivity contribution in [2.45, 2.75) is 32.7 Å². The summed E-state index contributed by atoms with van der Waals surface area (Å²) >= 11 is 0. The van der Waals surface area contributed by atoms with Crippen LogP contribution in [0.2, 0.25) is 0 Å². The van der Waals surface area contributed by atoms with E-state index in [1.807, 2.05) is 18.2 Å². The largest absolute Gasteiger partial charge is 0.399 e. The second kappa shape index (κ2) is 7.28. The predicted molar refractivity (Wildman–Crippen MR) is 81.1 cm³/mol. The third-order valence-corrected chi connectivity index (χ3v) is 4.92. The van der Waals surface area contributed by atoms with Crippen molar-refractivity contribution in [3.05, 3.63) is 29.8 Å². The molecule has 0 aliphatic heterocycles. The molecule has 20 heavy (non-hydrogen) atoms. The van der Waals surface area contributed by atoms with Gasteiger partial charge in [0.25, 0.3) is 0 Å². The van der Waals surface area contributed by atoms with Crippen molar-refractivity contribution in [3.8, 4) is 0 Å². The van der Waals surface area contributed by atoms with Gasteiger partial charge in [-0.15, -0.1) is 0 Å². The number of rotatable bonds is 7. The Labute approximate surface area is 120 Å². The van der Waals surface area contributed by atoms with Crippen LogP contribution >= 0.6 is 0 Å². The average Bonchev–Trinajstić information content (AvgIpc) is 2.37. The number of amides is 1. The Bertz CT molecular complexity index is 555. The second-order valence-electron chi connectivity index (χ2n) is 4.87. The molecule has 1 unspecified atom stereocenters. The lowest BCUT2D eigenvalue weighted by molar-refractivity contribution is -0.121. The quantitative estimate of drug-likeness (QED) is 0.739. The zero-order valence-corrected chi connectivity index (χ0v) is 12.7. The molecule has 0 aliphatic rings. The van der Waals surface area contributed by atoms with Crippen LogP contribution in [-0.4, -0.2) is 31.9 Å². The van der Waals surface area contributed by atoms with Crippen LogP contribution in [0.15, 0.2) is 24.3 Å². The smallest absolute Gasteiger partial charge is 0.220 e. The van der Waals surface area contributed by atoms with Gasteiger partial charge in [0.1, 0.15) is 0 Å². The third-order valence-electron chi connectivity index (χ3n) is 3.03. The molecule has 3 N–H and O–H groups in total. The van der Waals surface area contributed by atoms with Crippen LogP contribution in [0.1, 0.15) is 25.8 Å². The molecule has 0 aromatic heterocycles. The van der Waals surface area contributed by atoms with Gasteiger partial charge in [-0.25, -0.2) is 8.42 Å². The summed E-state index contributed by atoms with van der Waals surface area (Å²) in [7, 11) is -3.07. The molecule has 1 aromatic rings. The summed E-state index contributed by atoms with van der Waals surface area (Å²) in [5, 5.41) is 2.70. The van der Waals surface area contributed by atoms with E-state index in [-0.39, 0.29) is 23.5 Å². The summed E-state index contributed by atoms with van der Waals surface area (Å²) in [6.45, 7) is 3.30. The molecule has 5 nitrogen and oxygen atoms in total. The van der Waals surface area contributed by atoms with Gasteiger partial charge in [0.05, 0.1) is 5.75 Å². The molecule has 0 saturated carbocycles. The van der Waals surface area contributed by atoms with Gasteiger partial charge < -0.3 is 11.1 Å². The number of anilines is 1. The Balaban J connectivity index is 2.43. The number of carbonyl (C=O) groups excluding carboxylic acids is 1. The number of aryl methyl sites for hydroxylation is 1. The Morgan fingerprint density at radius 3 is 2.60 bits per heavy atom. The van der Waals surface area contributed by atoms with E-state index in [0.717, 1.165) is 5.56 Å². The molecule has 0 radical (unpaired) electrons. The predicted octanol–water partition coefficient (Wildman–Crippen LogP) is 1.14. The molecule has 1 amide bonds. The van der Waals surface area contributed by atoms with Gasteiger partial charge in [-0.2, -0.15) is 0 Å². The molecule has 0 aliphatic carbocycles. The Kier molecular flexibility index (Phi) is 6.01. The van der Waals surface area contributed by atoms with Crippen molar-refractivity contribution in [1.29, 1.82) is 0 Å². The maximum Gasteiger partial charge on any atom is 0.220 e. The van der Waals surface area contributed by atoms with Crippen LogP contribution in [0.3, 0.4) is 0 Å². The first-order valence-corrected chi connectivity index (χ1v) is 8.49. The molecule has 1 rings (SSSR count). The van der Waals surface area contributed by atoms with Crippen molar-refractivity contribution in [1.82, 2.24) is 5.32 Å². The fourth-order valence-corrected chi connectivity index (χ4v) is 2.98. The minimum Gasteiger partial charge on any atom is -0.399 e. The van der Waals surface area contributed by atoms with E-state index in [1.54, 1.807) is 19.9 Å². The molecule has 1 atom stereocenters. The van der Waals surface area contributed by atoms with Crippen LogP contribution in [0.4, 0.5) is 5.69 Å². The number of hydrogen-bond donors (Lipinski definition) is 2.